The molecule has 0 aromatic heterocycles. The second-order valence-corrected chi connectivity index (χ2v) is 6.43. The molecule has 1 saturated heterocycles. The van der Waals surface area contributed by atoms with E-state index in [9.17, 15) is 14.3 Å². The van der Waals surface area contributed by atoms with Crippen molar-refractivity contribution in [1.82, 2.24) is 4.90 Å². The number of rotatable bonds is 2. The number of aliphatic imine (C=N–C) groups is 1. The second kappa shape index (κ2) is 6.49. The van der Waals surface area contributed by atoms with Crippen LogP contribution in [0.3, 0.4) is 0 Å². The summed E-state index contributed by atoms with van der Waals surface area (Å²) in [6.07, 6.45) is 1.63. The molecule has 0 saturated carbocycles. The zero-order valence-electron chi connectivity index (χ0n) is 13.2. The van der Waals surface area contributed by atoms with Gasteiger partial charge in [0.05, 0.1) is 4.91 Å². The van der Waals surface area contributed by atoms with E-state index in [0.29, 0.717) is 21.3 Å². The fourth-order valence-corrected chi connectivity index (χ4v) is 3.21. The van der Waals surface area contributed by atoms with Crippen molar-refractivity contribution < 1.29 is 14.3 Å². The van der Waals surface area contributed by atoms with Gasteiger partial charge >= 0.3 is 0 Å². The molecule has 1 fully saturated rings. The normalized spacial score (nSPS) is 18.0. The van der Waals surface area contributed by atoms with E-state index in [1.54, 1.807) is 37.4 Å². The fourth-order valence-electron chi connectivity index (χ4n) is 2.23. The van der Waals surface area contributed by atoms with Crippen molar-refractivity contribution in [2.45, 2.75) is 6.92 Å². The fraction of sp³-hybridized carbons (Fsp3) is 0.111. The third-order valence-corrected chi connectivity index (χ3v) is 4.56. The molecule has 0 unspecified atom stereocenters. The molecule has 4 nitrogen and oxygen atoms in total. The van der Waals surface area contributed by atoms with Crippen LogP contribution in [0.5, 0.6) is 5.75 Å². The second-order valence-electron chi connectivity index (χ2n) is 5.42. The third kappa shape index (κ3) is 3.33. The first-order valence-electron chi connectivity index (χ1n) is 7.25. The molecule has 1 heterocycles. The summed E-state index contributed by atoms with van der Waals surface area (Å²) in [7, 11) is 1.62. The van der Waals surface area contributed by atoms with Gasteiger partial charge in [0.25, 0.3) is 5.91 Å². The molecule has 2 aromatic rings. The highest BCUT2D eigenvalue weighted by Gasteiger charge is 2.30. The van der Waals surface area contributed by atoms with Crippen molar-refractivity contribution in [1.29, 1.82) is 0 Å². The van der Waals surface area contributed by atoms with Crippen molar-refractivity contribution in [2.24, 2.45) is 4.99 Å². The Labute approximate surface area is 143 Å². The number of likely N-dealkylation sites (N-methyl/N-ethyl adjacent to an activating group) is 1. The number of benzene rings is 2. The molecule has 1 aliphatic rings. The average molecular weight is 342 g/mol. The zero-order valence-corrected chi connectivity index (χ0v) is 14.0. The van der Waals surface area contributed by atoms with Gasteiger partial charge in [0.15, 0.2) is 5.17 Å². The SMILES string of the molecule is Cc1ccc(N=C2S/C(=C\c3cccc(F)c3)C(=O)N2C)c(O)c1. The quantitative estimate of drug-likeness (QED) is 0.837. The lowest BCUT2D eigenvalue weighted by Crippen LogP contribution is -2.23. The summed E-state index contributed by atoms with van der Waals surface area (Å²) in [6, 6.07) is 11.2. The van der Waals surface area contributed by atoms with Crippen LogP contribution in [0.1, 0.15) is 11.1 Å². The lowest BCUT2D eigenvalue weighted by atomic mass is 10.2. The van der Waals surface area contributed by atoms with Crippen LogP contribution in [0.4, 0.5) is 10.1 Å². The first kappa shape index (κ1) is 16.3. The molecule has 1 aliphatic heterocycles. The Balaban J connectivity index is 1.92. The van der Waals surface area contributed by atoms with E-state index in [-0.39, 0.29) is 17.5 Å². The minimum Gasteiger partial charge on any atom is -0.506 e. The Kier molecular flexibility index (Phi) is 4.40. The highest BCUT2D eigenvalue weighted by atomic mass is 32.2. The van der Waals surface area contributed by atoms with Crippen LogP contribution in [-0.2, 0) is 4.79 Å². The molecule has 2 aromatic carbocycles. The van der Waals surface area contributed by atoms with E-state index in [0.717, 1.165) is 5.56 Å². The van der Waals surface area contributed by atoms with Crippen LogP contribution in [0.25, 0.3) is 6.08 Å². The number of carbonyl (C=O) groups is 1. The largest absolute Gasteiger partial charge is 0.506 e. The van der Waals surface area contributed by atoms with Gasteiger partial charge in [0.1, 0.15) is 17.3 Å². The Morgan fingerprint density at radius 1 is 1.25 bits per heavy atom. The van der Waals surface area contributed by atoms with E-state index < -0.39 is 0 Å². The molecule has 1 amide bonds. The number of halogens is 1. The minimum absolute atomic E-state index is 0.0616. The number of nitrogens with zero attached hydrogens (tertiary/aromatic N) is 2. The van der Waals surface area contributed by atoms with Gasteiger partial charge in [-0.25, -0.2) is 9.38 Å². The predicted octanol–water partition coefficient (Wildman–Crippen LogP) is 4.07. The number of amides is 1. The third-order valence-electron chi connectivity index (χ3n) is 3.50. The number of phenols is 1. The van der Waals surface area contributed by atoms with Crippen LogP contribution in [0.2, 0.25) is 0 Å². The summed E-state index contributed by atoms with van der Waals surface area (Å²) in [6.45, 7) is 1.87. The predicted molar refractivity (Wildman–Crippen MR) is 94.7 cm³/mol. The summed E-state index contributed by atoms with van der Waals surface area (Å²) in [5.41, 5.74) is 1.93. The number of phenolic OH excluding ortho intramolecular Hbond substituents is 1. The molecule has 0 spiro atoms. The maximum Gasteiger partial charge on any atom is 0.266 e. The summed E-state index contributed by atoms with van der Waals surface area (Å²) < 4.78 is 13.3. The van der Waals surface area contributed by atoms with E-state index in [1.807, 2.05) is 13.0 Å². The molecule has 0 atom stereocenters. The van der Waals surface area contributed by atoms with Crippen LogP contribution in [0, 0.1) is 12.7 Å². The van der Waals surface area contributed by atoms with Gasteiger partial charge < -0.3 is 5.11 Å². The van der Waals surface area contributed by atoms with E-state index in [4.69, 9.17) is 0 Å². The van der Waals surface area contributed by atoms with Gasteiger partial charge in [-0.2, -0.15) is 0 Å². The van der Waals surface area contributed by atoms with Gasteiger partial charge in [-0.1, -0.05) is 18.2 Å². The minimum atomic E-state index is -0.355. The number of carbonyl (C=O) groups excluding carboxylic acids is 1. The Hall–Kier alpha value is -2.60. The molecule has 0 aliphatic carbocycles. The van der Waals surface area contributed by atoms with Gasteiger partial charge in [-0.3, -0.25) is 9.69 Å². The lowest BCUT2D eigenvalue weighted by molar-refractivity contribution is -0.121. The maximum atomic E-state index is 13.3. The number of hydrogen-bond acceptors (Lipinski definition) is 4. The summed E-state index contributed by atoms with van der Waals surface area (Å²) in [5.74, 6) is -0.507. The van der Waals surface area contributed by atoms with Crippen molar-refractivity contribution >= 4 is 34.6 Å². The van der Waals surface area contributed by atoms with E-state index >= 15 is 0 Å². The molecule has 24 heavy (non-hydrogen) atoms. The number of hydrogen-bond donors (Lipinski definition) is 1. The van der Waals surface area contributed by atoms with Gasteiger partial charge in [0.2, 0.25) is 0 Å². The topological polar surface area (TPSA) is 52.9 Å². The number of amidine groups is 1. The van der Waals surface area contributed by atoms with Crippen molar-refractivity contribution in [2.75, 3.05) is 7.05 Å². The number of thioether (sulfide) groups is 1. The highest BCUT2D eigenvalue weighted by Crippen LogP contribution is 2.35. The smallest absolute Gasteiger partial charge is 0.266 e. The average Bonchev–Trinajstić information content (AvgIpc) is 2.78. The summed E-state index contributed by atoms with van der Waals surface area (Å²) in [4.78, 5) is 18.6. The monoisotopic (exact) mass is 342 g/mol. The first-order chi connectivity index (χ1) is 11.4. The number of aromatic hydroxyl groups is 1. The van der Waals surface area contributed by atoms with Crippen LogP contribution >= 0.6 is 11.8 Å². The standard InChI is InChI=1S/C18H15FN2O2S/c1-11-6-7-14(15(22)8-11)20-18-21(2)17(23)16(24-18)10-12-4-3-5-13(19)9-12/h3-10,22H,1-2H3/b16-10-,20-18?. The van der Waals surface area contributed by atoms with Gasteiger partial charge in [-0.05, 0) is 60.2 Å². The zero-order chi connectivity index (χ0) is 17.3. The van der Waals surface area contributed by atoms with Crippen molar-refractivity contribution in [3.63, 3.8) is 0 Å². The maximum absolute atomic E-state index is 13.3. The molecule has 0 bridgehead atoms. The number of aryl methyl sites for hydroxylation is 1. The van der Waals surface area contributed by atoms with Gasteiger partial charge in [0, 0.05) is 7.05 Å². The Morgan fingerprint density at radius 2 is 2.04 bits per heavy atom. The summed E-state index contributed by atoms with van der Waals surface area (Å²) in [5, 5.41) is 10.4. The van der Waals surface area contributed by atoms with Crippen LogP contribution in [-0.4, -0.2) is 28.1 Å². The van der Waals surface area contributed by atoms with Crippen LogP contribution in [0.15, 0.2) is 52.4 Å². The molecule has 0 radical (unpaired) electrons. The summed E-state index contributed by atoms with van der Waals surface area (Å²) >= 11 is 1.19. The highest BCUT2D eigenvalue weighted by molar-refractivity contribution is 8.18. The lowest BCUT2D eigenvalue weighted by Gasteiger charge is -2.08. The first-order valence-corrected chi connectivity index (χ1v) is 8.07. The Morgan fingerprint density at radius 3 is 2.75 bits per heavy atom. The molecule has 3 rings (SSSR count). The van der Waals surface area contributed by atoms with Crippen molar-refractivity contribution in [3.8, 4) is 5.75 Å². The van der Waals surface area contributed by atoms with E-state index in [1.165, 1.54) is 28.8 Å². The van der Waals surface area contributed by atoms with Gasteiger partial charge in [-0.15, -0.1) is 0 Å². The van der Waals surface area contributed by atoms with E-state index in [2.05, 4.69) is 4.99 Å². The van der Waals surface area contributed by atoms with Crippen molar-refractivity contribution in [3.05, 3.63) is 64.3 Å². The molecule has 1 N–H and O–H groups in total. The molecule has 122 valence electrons. The molecular weight excluding hydrogens is 327 g/mol. The Bertz CT molecular complexity index is 877. The molecular formula is C18H15FN2O2S. The van der Waals surface area contributed by atoms with Crippen LogP contribution < -0.4 is 0 Å². The molecule has 6 heteroatoms.